The number of esters is 2. The smallest absolute Gasteiger partial charge is 0.312 e. The van der Waals surface area contributed by atoms with Crippen LogP contribution in [0.25, 0.3) is 0 Å². The fourth-order valence-corrected chi connectivity index (χ4v) is 1.11. The molecule has 4 heteroatoms. The first kappa shape index (κ1) is 14.9. The quantitative estimate of drug-likeness (QED) is 0.680. The molecular weight excluding hydrogens is 208 g/mol. The zero-order chi connectivity index (χ0) is 12.9. The minimum atomic E-state index is -0.837. The molecule has 0 unspecified atom stereocenters. The molecule has 0 aliphatic heterocycles. The van der Waals surface area contributed by atoms with Gasteiger partial charge in [0.05, 0.1) is 24.0 Å². The molecule has 0 N–H and O–H groups in total. The van der Waals surface area contributed by atoms with Crippen LogP contribution in [0.3, 0.4) is 0 Å². The second-order valence-corrected chi connectivity index (χ2v) is 5.05. The molecule has 16 heavy (non-hydrogen) atoms. The van der Waals surface area contributed by atoms with Crippen LogP contribution in [-0.2, 0) is 19.1 Å². The van der Waals surface area contributed by atoms with E-state index in [1.807, 2.05) is 0 Å². The van der Waals surface area contributed by atoms with Crippen LogP contribution < -0.4 is 0 Å². The Morgan fingerprint density at radius 2 is 1.44 bits per heavy atom. The molecule has 0 atom stereocenters. The lowest BCUT2D eigenvalue weighted by molar-refractivity contribution is -0.164. The molecule has 0 spiro atoms. The molecule has 0 fully saturated rings. The summed E-state index contributed by atoms with van der Waals surface area (Å²) in [6, 6.07) is 0. The monoisotopic (exact) mass is 230 g/mol. The van der Waals surface area contributed by atoms with Gasteiger partial charge in [-0.2, -0.15) is 0 Å². The standard InChI is InChI=1S/C12H22O4/c1-8(2)15-10(13)7-12(5,6)11(14)16-9(3)4/h8-9H,7H2,1-6H3. The van der Waals surface area contributed by atoms with E-state index in [1.165, 1.54) is 0 Å². The van der Waals surface area contributed by atoms with E-state index in [4.69, 9.17) is 9.47 Å². The Bertz CT molecular complexity index is 254. The second kappa shape index (κ2) is 5.87. The van der Waals surface area contributed by atoms with Crippen molar-refractivity contribution < 1.29 is 19.1 Å². The maximum Gasteiger partial charge on any atom is 0.312 e. The topological polar surface area (TPSA) is 52.6 Å². The van der Waals surface area contributed by atoms with E-state index < -0.39 is 5.41 Å². The van der Waals surface area contributed by atoms with Gasteiger partial charge < -0.3 is 9.47 Å². The van der Waals surface area contributed by atoms with Crippen LogP contribution in [0.1, 0.15) is 48.0 Å². The van der Waals surface area contributed by atoms with Gasteiger partial charge >= 0.3 is 11.9 Å². The van der Waals surface area contributed by atoms with Crippen molar-refractivity contribution in [1.29, 1.82) is 0 Å². The first-order valence-electron chi connectivity index (χ1n) is 5.55. The summed E-state index contributed by atoms with van der Waals surface area (Å²) in [5, 5.41) is 0. The fourth-order valence-electron chi connectivity index (χ4n) is 1.11. The Morgan fingerprint density at radius 1 is 1.00 bits per heavy atom. The summed E-state index contributed by atoms with van der Waals surface area (Å²) in [7, 11) is 0. The van der Waals surface area contributed by atoms with Crippen molar-refractivity contribution in [3.63, 3.8) is 0 Å². The Hall–Kier alpha value is -1.06. The summed E-state index contributed by atoms with van der Waals surface area (Å²) in [5.74, 6) is -0.746. The van der Waals surface area contributed by atoms with E-state index in [-0.39, 0.29) is 30.6 Å². The van der Waals surface area contributed by atoms with Crippen LogP contribution in [-0.4, -0.2) is 24.1 Å². The van der Waals surface area contributed by atoms with E-state index in [2.05, 4.69) is 0 Å². The van der Waals surface area contributed by atoms with E-state index in [0.717, 1.165) is 0 Å². The zero-order valence-corrected chi connectivity index (χ0v) is 11.0. The van der Waals surface area contributed by atoms with Gasteiger partial charge in [0, 0.05) is 0 Å². The molecular formula is C12H22O4. The molecule has 0 amide bonds. The van der Waals surface area contributed by atoms with Crippen LogP contribution in [0.4, 0.5) is 0 Å². The van der Waals surface area contributed by atoms with Crippen molar-refractivity contribution in [2.75, 3.05) is 0 Å². The average Bonchev–Trinajstić information content (AvgIpc) is 1.98. The van der Waals surface area contributed by atoms with Gasteiger partial charge in [-0.3, -0.25) is 9.59 Å². The molecule has 0 aromatic rings. The summed E-state index contributed by atoms with van der Waals surface area (Å²) >= 11 is 0. The van der Waals surface area contributed by atoms with Crippen molar-refractivity contribution >= 4 is 11.9 Å². The largest absolute Gasteiger partial charge is 0.463 e. The van der Waals surface area contributed by atoms with E-state index >= 15 is 0 Å². The van der Waals surface area contributed by atoms with Crippen LogP contribution in [0, 0.1) is 5.41 Å². The van der Waals surface area contributed by atoms with Gasteiger partial charge in [-0.05, 0) is 41.5 Å². The molecule has 0 aromatic carbocycles. The molecule has 94 valence electrons. The third-order valence-corrected chi connectivity index (χ3v) is 1.85. The molecule has 4 nitrogen and oxygen atoms in total. The highest BCUT2D eigenvalue weighted by molar-refractivity contribution is 5.82. The van der Waals surface area contributed by atoms with Gasteiger partial charge in [-0.1, -0.05) is 0 Å². The van der Waals surface area contributed by atoms with Crippen molar-refractivity contribution in [2.45, 2.75) is 60.2 Å². The average molecular weight is 230 g/mol. The van der Waals surface area contributed by atoms with Gasteiger partial charge in [-0.25, -0.2) is 0 Å². The molecule has 0 rings (SSSR count). The van der Waals surface area contributed by atoms with Crippen molar-refractivity contribution in [3.8, 4) is 0 Å². The molecule has 0 saturated carbocycles. The Kier molecular flexibility index (Phi) is 5.48. The third-order valence-electron chi connectivity index (χ3n) is 1.85. The Balaban J connectivity index is 4.33. The number of hydrogen-bond donors (Lipinski definition) is 0. The normalized spacial score (nSPS) is 11.8. The van der Waals surface area contributed by atoms with E-state index in [1.54, 1.807) is 41.5 Å². The van der Waals surface area contributed by atoms with Crippen molar-refractivity contribution in [3.05, 3.63) is 0 Å². The van der Waals surface area contributed by atoms with Crippen LogP contribution >= 0.6 is 0 Å². The Labute approximate surface area is 97.3 Å². The van der Waals surface area contributed by atoms with Gasteiger partial charge in [0.15, 0.2) is 0 Å². The maximum atomic E-state index is 11.7. The molecule has 0 aliphatic carbocycles. The molecule has 0 radical (unpaired) electrons. The molecule has 0 aliphatic rings. The fraction of sp³-hybridized carbons (Fsp3) is 0.833. The SMILES string of the molecule is CC(C)OC(=O)CC(C)(C)C(=O)OC(C)C. The van der Waals surface area contributed by atoms with Crippen LogP contribution in [0.5, 0.6) is 0 Å². The van der Waals surface area contributed by atoms with Gasteiger partial charge in [0.25, 0.3) is 0 Å². The van der Waals surface area contributed by atoms with Gasteiger partial charge in [0.1, 0.15) is 0 Å². The predicted octanol–water partition coefficient (Wildman–Crippen LogP) is 2.31. The minimum absolute atomic E-state index is 0.0384. The third kappa shape index (κ3) is 5.73. The first-order valence-corrected chi connectivity index (χ1v) is 5.55. The molecule has 0 heterocycles. The highest BCUT2D eigenvalue weighted by atomic mass is 16.5. The highest BCUT2D eigenvalue weighted by Gasteiger charge is 2.33. The molecule has 0 saturated heterocycles. The summed E-state index contributed by atoms with van der Waals surface area (Å²) in [5.41, 5.74) is -0.837. The van der Waals surface area contributed by atoms with E-state index in [9.17, 15) is 9.59 Å². The first-order chi connectivity index (χ1) is 7.15. The second-order valence-electron chi connectivity index (χ2n) is 5.05. The highest BCUT2D eigenvalue weighted by Crippen LogP contribution is 2.23. The summed E-state index contributed by atoms with van der Waals surface area (Å²) < 4.78 is 10.1. The van der Waals surface area contributed by atoms with Gasteiger partial charge in [0.2, 0.25) is 0 Å². The molecule has 0 bridgehead atoms. The summed E-state index contributed by atoms with van der Waals surface area (Å²) in [4.78, 5) is 23.1. The number of carbonyl (C=O) groups is 2. The summed E-state index contributed by atoms with van der Waals surface area (Å²) in [6.07, 6.45) is -0.297. The summed E-state index contributed by atoms with van der Waals surface area (Å²) in [6.45, 7) is 10.5. The molecule has 0 aromatic heterocycles. The lowest BCUT2D eigenvalue weighted by Gasteiger charge is -2.23. The zero-order valence-electron chi connectivity index (χ0n) is 11.0. The number of hydrogen-bond acceptors (Lipinski definition) is 4. The lowest BCUT2D eigenvalue weighted by atomic mass is 9.89. The number of carbonyl (C=O) groups excluding carboxylic acids is 2. The van der Waals surface area contributed by atoms with Crippen LogP contribution in [0.15, 0.2) is 0 Å². The Morgan fingerprint density at radius 3 is 1.81 bits per heavy atom. The minimum Gasteiger partial charge on any atom is -0.463 e. The number of rotatable bonds is 5. The predicted molar refractivity (Wildman–Crippen MR) is 60.9 cm³/mol. The number of ether oxygens (including phenoxy) is 2. The van der Waals surface area contributed by atoms with Crippen LogP contribution in [0.2, 0.25) is 0 Å². The van der Waals surface area contributed by atoms with Crippen molar-refractivity contribution in [1.82, 2.24) is 0 Å². The van der Waals surface area contributed by atoms with E-state index in [0.29, 0.717) is 0 Å². The van der Waals surface area contributed by atoms with Gasteiger partial charge in [-0.15, -0.1) is 0 Å². The lowest BCUT2D eigenvalue weighted by Crippen LogP contribution is -2.32. The maximum absolute atomic E-state index is 11.7. The van der Waals surface area contributed by atoms with Crippen molar-refractivity contribution in [2.24, 2.45) is 5.41 Å².